The molecule has 3 aromatic rings. The predicted octanol–water partition coefficient (Wildman–Crippen LogP) is 3.15. The maximum absolute atomic E-state index is 13.5. The molecule has 1 fully saturated rings. The number of nitrogens with zero attached hydrogens (tertiary/aromatic N) is 6. The number of piperazine rings is 1. The molecule has 0 saturated carbocycles. The van der Waals surface area contributed by atoms with Crippen LogP contribution in [0, 0.1) is 0 Å². The second-order valence-corrected chi connectivity index (χ2v) is 10.5. The fourth-order valence-corrected chi connectivity index (χ4v) is 4.38. The highest BCUT2D eigenvalue weighted by atomic mass is 19.4. The van der Waals surface area contributed by atoms with Crippen LogP contribution in [0.25, 0.3) is 10.9 Å². The van der Waals surface area contributed by atoms with Gasteiger partial charge in [0, 0.05) is 44.8 Å². The Morgan fingerprint density at radius 1 is 1.11 bits per heavy atom. The Bertz CT molecular complexity index is 1320. The van der Waals surface area contributed by atoms with E-state index in [-0.39, 0.29) is 36.5 Å². The lowest BCUT2D eigenvalue weighted by Gasteiger charge is -2.35. The first-order valence-electron chi connectivity index (χ1n) is 12.4. The minimum Gasteiger partial charge on any atom is -0.379 e. The number of anilines is 1. The van der Waals surface area contributed by atoms with Crippen LogP contribution >= 0.6 is 0 Å². The summed E-state index contributed by atoms with van der Waals surface area (Å²) < 4.78 is 47.3. The van der Waals surface area contributed by atoms with Crippen molar-refractivity contribution in [2.45, 2.75) is 51.7 Å². The first-order valence-corrected chi connectivity index (χ1v) is 12.4. The normalized spacial score (nSPS) is 15.8. The third kappa shape index (κ3) is 5.98. The van der Waals surface area contributed by atoms with Gasteiger partial charge < -0.3 is 19.1 Å². The Hall–Kier alpha value is -3.48. The van der Waals surface area contributed by atoms with E-state index >= 15 is 0 Å². The lowest BCUT2D eigenvalue weighted by atomic mass is 9.89. The third-order valence-corrected chi connectivity index (χ3v) is 6.67. The van der Waals surface area contributed by atoms with E-state index in [9.17, 15) is 22.8 Å². The third-order valence-electron chi connectivity index (χ3n) is 6.67. The van der Waals surface area contributed by atoms with Crippen LogP contribution < -0.4 is 10.5 Å². The van der Waals surface area contributed by atoms with Crippen LogP contribution in [0.15, 0.2) is 29.6 Å². The quantitative estimate of drug-likeness (QED) is 0.463. The summed E-state index contributed by atoms with van der Waals surface area (Å²) in [5, 5.41) is 5.23. The van der Waals surface area contributed by atoms with Gasteiger partial charge in [-0.3, -0.25) is 9.59 Å². The summed E-state index contributed by atoms with van der Waals surface area (Å²) in [7, 11) is 0. The molecule has 3 aromatic heterocycles. The largest absolute Gasteiger partial charge is 0.418 e. The number of carbonyl (C=O) groups is 1. The Balaban J connectivity index is 1.26. The number of amides is 1. The SMILES string of the molecule is CC(COCCC(=O)N1CCN(c2ncc(C(C)(C)C)cn2)CC1)n1cc(C(F)(F)F)c2c(=O)[nH]ncc21. The van der Waals surface area contributed by atoms with E-state index in [2.05, 4.69) is 40.9 Å². The van der Waals surface area contributed by atoms with Gasteiger partial charge in [0.1, 0.15) is 0 Å². The van der Waals surface area contributed by atoms with Gasteiger partial charge in [-0.1, -0.05) is 20.8 Å². The highest BCUT2D eigenvalue weighted by Gasteiger charge is 2.36. The van der Waals surface area contributed by atoms with E-state index in [0.29, 0.717) is 32.1 Å². The molecule has 13 heteroatoms. The molecule has 4 heterocycles. The zero-order valence-corrected chi connectivity index (χ0v) is 21.9. The molecule has 1 N–H and O–H groups in total. The Morgan fingerprint density at radius 3 is 2.37 bits per heavy atom. The van der Waals surface area contributed by atoms with Gasteiger partial charge in [0.2, 0.25) is 11.9 Å². The van der Waals surface area contributed by atoms with E-state index in [4.69, 9.17) is 4.74 Å². The number of ether oxygens (including phenoxy) is 1. The number of halogens is 3. The van der Waals surface area contributed by atoms with Crippen molar-refractivity contribution >= 4 is 22.8 Å². The van der Waals surface area contributed by atoms with Crippen molar-refractivity contribution in [2.75, 3.05) is 44.3 Å². The lowest BCUT2D eigenvalue weighted by molar-refractivity contribution is -0.136. The number of alkyl halides is 3. The number of hydrogen-bond acceptors (Lipinski definition) is 7. The van der Waals surface area contributed by atoms with Crippen molar-refractivity contribution in [3.8, 4) is 0 Å². The Morgan fingerprint density at radius 2 is 1.76 bits per heavy atom. The highest BCUT2D eigenvalue weighted by Crippen LogP contribution is 2.35. The highest BCUT2D eigenvalue weighted by molar-refractivity contribution is 5.83. The van der Waals surface area contributed by atoms with Crippen LogP contribution in [0.3, 0.4) is 0 Å². The van der Waals surface area contributed by atoms with Crippen LogP contribution in [-0.4, -0.2) is 74.9 Å². The molecule has 1 atom stereocenters. The topological polar surface area (TPSA) is 109 Å². The van der Waals surface area contributed by atoms with Crippen LogP contribution in [0.2, 0.25) is 0 Å². The zero-order chi connectivity index (χ0) is 27.7. The summed E-state index contributed by atoms with van der Waals surface area (Å²) in [6.07, 6.45) is 1.25. The summed E-state index contributed by atoms with van der Waals surface area (Å²) in [5.74, 6) is 0.591. The number of fused-ring (bicyclic) bond motifs is 1. The van der Waals surface area contributed by atoms with Gasteiger partial charge in [0.05, 0.1) is 48.3 Å². The minimum absolute atomic E-state index is 0.0262. The molecule has 10 nitrogen and oxygen atoms in total. The van der Waals surface area contributed by atoms with Gasteiger partial charge >= 0.3 is 6.18 Å². The van der Waals surface area contributed by atoms with Crippen LogP contribution in [0.4, 0.5) is 19.1 Å². The molecule has 0 aromatic carbocycles. The van der Waals surface area contributed by atoms with Gasteiger partial charge in [-0.2, -0.15) is 18.3 Å². The molecule has 1 amide bonds. The van der Waals surface area contributed by atoms with E-state index < -0.39 is 28.7 Å². The van der Waals surface area contributed by atoms with E-state index in [1.165, 1.54) is 10.8 Å². The van der Waals surface area contributed by atoms with Crippen LogP contribution in [0.5, 0.6) is 0 Å². The number of aromatic nitrogens is 5. The average molecular weight is 536 g/mol. The fourth-order valence-electron chi connectivity index (χ4n) is 4.38. The molecule has 0 aliphatic carbocycles. The molecule has 206 valence electrons. The van der Waals surface area contributed by atoms with Gasteiger partial charge in [-0.15, -0.1) is 0 Å². The smallest absolute Gasteiger partial charge is 0.379 e. The van der Waals surface area contributed by atoms with Crippen molar-refractivity contribution in [1.82, 2.24) is 29.6 Å². The molecule has 1 aliphatic rings. The fraction of sp³-hybridized carbons (Fsp3) is 0.560. The zero-order valence-electron chi connectivity index (χ0n) is 21.9. The number of nitrogens with one attached hydrogen (secondary N) is 1. The molecule has 0 bridgehead atoms. The van der Waals surface area contributed by atoms with Crippen LogP contribution in [0.1, 0.15) is 51.3 Å². The molecule has 4 rings (SSSR count). The Kier molecular flexibility index (Phi) is 7.77. The van der Waals surface area contributed by atoms with Crippen molar-refractivity contribution < 1.29 is 22.7 Å². The maximum Gasteiger partial charge on any atom is 0.418 e. The van der Waals surface area contributed by atoms with Gasteiger partial charge in [-0.25, -0.2) is 15.1 Å². The second kappa shape index (κ2) is 10.7. The summed E-state index contributed by atoms with van der Waals surface area (Å²) in [6.45, 7) is 10.5. The first kappa shape index (κ1) is 27.6. The molecule has 0 spiro atoms. The molecule has 1 unspecified atom stereocenters. The average Bonchev–Trinajstić information content (AvgIpc) is 3.28. The standard InChI is InChI=1S/C25H32F3N7O3/c1-16(35-14-18(25(26,27)28)21-19(35)13-31-32-22(21)37)15-38-10-5-20(36)33-6-8-34(9-7-33)23-29-11-17(12-30-23)24(2,3)4/h11-14,16H,5-10,15H2,1-4H3,(H,32,37). The van der Waals surface area contributed by atoms with Gasteiger partial charge in [0.25, 0.3) is 5.56 Å². The van der Waals surface area contributed by atoms with Crippen molar-refractivity contribution in [3.63, 3.8) is 0 Å². The monoisotopic (exact) mass is 535 g/mol. The van der Waals surface area contributed by atoms with E-state index in [1.807, 2.05) is 17.3 Å². The molecule has 1 saturated heterocycles. The second-order valence-electron chi connectivity index (χ2n) is 10.5. The Labute approximate surface area is 217 Å². The van der Waals surface area contributed by atoms with Crippen molar-refractivity contribution in [3.05, 3.63) is 46.3 Å². The summed E-state index contributed by atoms with van der Waals surface area (Å²) in [5.41, 5.74) is -0.820. The number of hydrogen-bond donors (Lipinski definition) is 1. The van der Waals surface area contributed by atoms with Gasteiger partial charge in [-0.05, 0) is 17.9 Å². The molecular formula is C25H32F3N7O3. The molecule has 1 aliphatic heterocycles. The summed E-state index contributed by atoms with van der Waals surface area (Å²) >= 11 is 0. The number of H-pyrrole nitrogens is 1. The lowest BCUT2D eigenvalue weighted by Crippen LogP contribution is -2.49. The molecule has 38 heavy (non-hydrogen) atoms. The van der Waals surface area contributed by atoms with Crippen molar-refractivity contribution in [1.29, 1.82) is 0 Å². The molecular weight excluding hydrogens is 503 g/mol. The first-order chi connectivity index (χ1) is 17.9. The predicted molar refractivity (Wildman–Crippen MR) is 135 cm³/mol. The summed E-state index contributed by atoms with van der Waals surface area (Å²) in [4.78, 5) is 37.4. The number of aromatic amines is 1. The summed E-state index contributed by atoms with van der Waals surface area (Å²) in [6, 6.07) is -0.513. The molecule has 0 radical (unpaired) electrons. The van der Waals surface area contributed by atoms with E-state index in [0.717, 1.165) is 11.8 Å². The van der Waals surface area contributed by atoms with Crippen molar-refractivity contribution in [2.24, 2.45) is 0 Å². The minimum atomic E-state index is -4.68. The number of carbonyl (C=O) groups excluding carboxylic acids is 1. The van der Waals surface area contributed by atoms with E-state index in [1.54, 1.807) is 11.8 Å². The maximum atomic E-state index is 13.5. The van der Waals surface area contributed by atoms with Crippen LogP contribution in [-0.2, 0) is 21.1 Å². The number of rotatable bonds is 7. The van der Waals surface area contributed by atoms with Gasteiger partial charge in [0.15, 0.2) is 0 Å².